The van der Waals surface area contributed by atoms with Crippen LogP contribution in [0.5, 0.6) is 5.75 Å². The zero-order valence-corrected chi connectivity index (χ0v) is 13.1. The second kappa shape index (κ2) is 5.12. The van der Waals surface area contributed by atoms with E-state index in [9.17, 15) is 14.7 Å². The van der Waals surface area contributed by atoms with Crippen LogP contribution in [0, 0.1) is 5.92 Å². The minimum absolute atomic E-state index is 0.154. The Labute approximate surface area is 138 Å². The molecule has 2 aliphatic heterocycles. The molecule has 0 unspecified atom stereocenters. The van der Waals surface area contributed by atoms with Crippen molar-refractivity contribution in [3.05, 3.63) is 54.0 Å². The number of carbonyl (C=O) groups is 2. The molecule has 2 aromatic rings. The smallest absolute Gasteiger partial charge is 0.235 e. The summed E-state index contributed by atoms with van der Waals surface area (Å²) >= 11 is 0. The SMILES string of the molecule is C[C@@]12C[C@@H](c3ccccc3O1)[C@H](C(=O)[O-])C(=O)N2Cc1ccco1. The Kier molecular flexibility index (Phi) is 3.16. The number of rotatable bonds is 3. The van der Waals surface area contributed by atoms with Gasteiger partial charge in [-0.15, -0.1) is 0 Å². The summed E-state index contributed by atoms with van der Waals surface area (Å²) in [5.41, 5.74) is -0.176. The van der Waals surface area contributed by atoms with Crippen molar-refractivity contribution in [1.82, 2.24) is 4.90 Å². The van der Waals surface area contributed by atoms with Crippen LogP contribution in [0.15, 0.2) is 47.1 Å². The zero-order valence-electron chi connectivity index (χ0n) is 13.1. The van der Waals surface area contributed by atoms with Crippen molar-refractivity contribution in [1.29, 1.82) is 0 Å². The zero-order chi connectivity index (χ0) is 16.9. The number of carboxylic acid groups (broad SMARTS) is 1. The molecule has 2 aliphatic rings. The van der Waals surface area contributed by atoms with E-state index in [2.05, 4.69) is 0 Å². The van der Waals surface area contributed by atoms with Crippen molar-refractivity contribution in [2.75, 3.05) is 0 Å². The highest BCUT2D eigenvalue weighted by Crippen LogP contribution is 2.50. The minimum Gasteiger partial charge on any atom is -0.549 e. The maximum absolute atomic E-state index is 12.9. The number of hydrogen-bond donors (Lipinski definition) is 0. The first kappa shape index (κ1) is 14.8. The van der Waals surface area contributed by atoms with E-state index in [0.717, 1.165) is 5.56 Å². The predicted molar refractivity (Wildman–Crippen MR) is 80.6 cm³/mol. The molecule has 2 bridgehead atoms. The first-order chi connectivity index (χ1) is 11.5. The molecule has 1 saturated heterocycles. The normalized spacial score (nSPS) is 28.2. The molecule has 0 spiro atoms. The Bertz CT molecular complexity index is 800. The van der Waals surface area contributed by atoms with Gasteiger partial charge < -0.3 is 19.1 Å². The quantitative estimate of drug-likeness (QED) is 0.793. The van der Waals surface area contributed by atoms with Gasteiger partial charge in [0, 0.05) is 12.3 Å². The third-order valence-corrected chi connectivity index (χ3v) is 4.90. The molecule has 4 rings (SSSR count). The molecule has 0 saturated carbocycles. The summed E-state index contributed by atoms with van der Waals surface area (Å²) in [6.45, 7) is 1.96. The fourth-order valence-corrected chi connectivity index (χ4v) is 3.78. The summed E-state index contributed by atoms with van der Waals surface area (Å²) in [7, 11) is 0. The Morgan fingerprint density at radius 1 is 1.33 bits per heavy atom. The second-order valence-corrected chi connectivity index (χ2v) is 6.43. The van der Waals surface area contributed by atoms with Gasteiger partial charge in [0.25, 0.3) is 0 Å². The fourth-order valence-electron chi connectivity index (χ4n) is 3.78. The Hall–Kier alpha value is -2.76. The van der Waals surface area contributed by atoms with Gasteiger partial charge >= 0.3 is 0 Å². The van der Waals surface area contributed by atoms with Crippen molar-refractivity contribution in [3.63, 3.8) is 0 Å². The van der Waals surface area contributed by atoms with Gasteiger partial charge in [-0.2, -0.15) is 0 Å². The molecule has 3 atom stereocenters. The average molecular weight is 326 g/mol. The highest BCUT2D eigenvalue weighted by Gasteiger charge is 2.54. The molecule has 24 heavy (non-hydrogen) atoms. The van der Waals surface area contributed by atoms with Gasteiger partial charge in [-0.25, -0.2) is 0 Å². The molecule has 124 valence electrons. The number of nitrogens with zero attached hydrogens (tertiary/aromatic N) is 1. The van der Waals surface area contributed by atoms with Crippen LogP contribution >= 0.6 is 0 Å². The minimum atomic E-state index is -1.35. The first-order valence-corrected chi connectivity index (χ1v) is 7.82. The topological polar surface area (TPSA) is 82.8 Å². The summed E-state index contributed by atoms with van der Waals surface area (Å²) in [5.74, 6) is -2.35. The molecular formula is C18H16NO5-. The summed E-state index contributed by atoms with van der Waals surface area (Å²) in [5, 5.41) is 11.7. The summed E-state index contributed by atoms with van der Waals surface area (Å²) < 4.78 is 11.4. The molecule has 0 aliphatic carbocycles. The predicted octanol–water partition coefficient (Wildman–Crippen LogP) is 1.27. The molecule has 1 amide bonds. The van der Waals surface area contributed by atoms with Gasteiger partial charge in [-0.3, -0.25) is 9.69 Å². The molecule has 0 radical (unpaired) electrons. The average Bonchev–Trinajstić information content (AvgIpc) is 3.04. The van der Waals surface area contributed by atoms with Crippen molar-refractivity contribution >= 4 is 11.9 Å². The number of aliphatic carboxylic acids is 1. The van der Waals surface area contributed by atoms with E-state index in [1.54, 1.807) is 18.2 Å². The second-order valence-electron chi connectivity index (χ2n) is 6.43. The van der Waals surface area contributed by atoms with Crippen LogP contribution in [0.25, 0.3) is 0 Å². The number of piperidine rings is 1. The third-order valence-electron chi connectivity index (χ3n) is 4.90. The van der Waals surface area contributed by atoms with E-state index in [1.165, 1.54) is 11.2 Å². The highest BCUT2D eigenvalue weighted by molar-refractivity contribution is 5.98. The Morgan fingerprint density at radius 2 is 2.12 bits per heavy atom. The van der Waals surface area contributed by atoms with Crippen LogP contribution in [0.3, 0.4) is 0 Å². The molecular weight excluding hydrogens is 310 g/mol. The summed E-state index contributed by atoms with van der Waals surface area (Å²) in [4.78, 5) is 26.1. The summed E-state index contributed by atoms with van der Waals surface area (Å²) in [6, 6.07) is 10.7. The van der Waals surface area contributed by atoms with Crippen LogP contribution in [-0.2, 0) is 16.1 Å². The summed E-state index contributed by atoms with van der Waals surface area (Å²) in [6.07, 6.45) is 1.91. The van der Waals surface area contributed by atoms with Crippen molar-refractivity contribution < 1.29 is 23.8 Å². The van der Waals surface area contributed by atoms with Gasteiger partial charge in [0.15, 0.2) is 5.72 Å². The van der Waals surface area contributed by atoms with Crippen molar-refractivity contribution in [3.8, 4) is 5.75 Å². The Morgan fingerprint density at radius 3 is 2.83 bits per heavy atom. The van der Waals surface area contributed by atoms with E-state index in [4.69, 9.17) is 9.15 Å². The Balaban J connectivity index is 1.81. The van der Waals surface area contributed by atoms with E-state index in [0.29, 0.717) is 17.9 Å². The molecule has 6 nitrogen and oxygen atoms in total. The van der Waals surface area contributed by atoms with Crippen LogP contribution in [-0.4, -0.2) is 22.5 Å². The van der Waals surface area contributed by atoms with Gasteiger partial charge in [0.05, 0.1) is 24.7 Å². The first-order valence-electron chi connectivity index (χ1n) is 7.82. The third kappa shape index (κ3) is 2.10. The van der Waals surface area contributed by atoms with Crippen molar-refractivity contribution in [2.45, 2.75) is 31.5 Å². The number of hydrogen-bond acceptors (Lipinski definition) is 5. The number of para-hydroxylation sites is 1. The number of benzene rings is 1. The molecule has 0 N–H and O–H groups in total. The largest absolute Gasteiger partial charge is 0.549 e. The lowest BCUT2D eigenvalue weighted by Crippen LogP contribution is -2.64. The van der Waals surface area contributed by atoms with E-state index < -0.39 is 29.4 Å². The number of furan rings is 1. The van der Waals surface area contributed by atoms with Crippen LogP contribution in [0.1, 0.15) is 30.6 Å². The van der Waals surface area contributed by atoms with E-state index >= 15 is 0 Å². The number of amides is 1. The van der Waals surface area contributed by atoms with Crippen LogP contribution in [0.2, 0.25) is 0 Å². The van der Waals surface area contributed by atoms with Gasteiger partial charge in [-0.05, 0) is 30.7 Å². The highest BCUT2D eigenvalue weighted by atomic mass is 16.5. The molecule has 1 aromatic carbocycles. The lowest BCUT2D eigenvalue weighted by molar-refractivity contribution is -0.313. The monoisotopic (exact) mass is 326 g/mol. The lowest BCUT2D eigenvalue weighted by atomic mass is 9.73. The standard InChI is InChI=1S/C18H17NO5/c1-18-9-13(12-6-2-3-7-14(12)24-18)15(17(21)22)16(20)19(18)10-11-5-4-8-23-11/h2-8,13,15H,9-10H2,1H3,(H,21,22)/p-1/t13-,15-,18-/m0/s1. The number of likely N-dealkylation sites (tertiary alicyclic amines) is 1. The maximum atomic E-state index is 12.9. The number of carbonyl (C=O) groups excluding carboxylic acids is 2. The molecule has 3 heterocycles. The molecule has 6 heteroatoms. The number of ether oxygens (including phenoxy) is 1. The molecule has 1 fully saturated rings. The van der Waals surface area contributed by atoms with E-state index in [-0.39, 0.29) is 6.54 Å². The van der Waals surface area contributed by atoms with E-state index in [1.807, 2.05) is 25.1 Å². The fraction of sp³-hybridized carbons (Fsp3) is 0.333. The van der Waals surface area contributed by atoms with Crippen LogP contribution in [0.4, 0.5) is 0 Å². The number of fused-ring (bicyclic) bond motifs is 4. The van der Waals surface area contributed by atoms with Gasteiger partial charge in [0.1, 0.15) is 11.5 Å². The van der Waals surface area contributed by atoms with Crippen molar-refractivity contribution in [2.24, 2.45) is 5.92 Å². The molecule has 1 aromatic heterocycles. The van der Waals surface area contributed by atoms with Gasteiger partial charge in [-0.1, -0.05) is 18.2 Å². The lowest BCUT2D eigenvalue weighted by Gasteiger charge is -2.53. The van der Waals surface area contributed by atoms with Crippen LogP contribution < -0.4 is 9.84 Å². The van der Waals surface area contributed by atoms with Gasteiger partial charge in [0.2, 0.25) is 5.91 Å². The number of carboxylic acids is 1. The maximum Gasteiger partial charge on any atom is 0.235 e.